The molecule has 1 aliphatic heterocycles. The molecule has 122 valence electrons. The fourth-order valence-electron chi connectivity index (χ4n) is 2.95. The summed E-state index contributed by atoms with van der Waals surface area (Å²) in [4.78, 5) is 2.15. The predicted octanol–water partition coefficient (Wildman–Crippen LogP) is 3.80. The van der Waals surface area contributed by atoms with Crippen molar-refractivity contribution in [2.24, 2.45) is 0 Å². The molecule has 0 spiro atoms. The van der Waals surface area contributed by atoms with E-state index in [4.69, 9.17) is 0 Å². The summed E-state index contributed by atoms with van der Waals surface area (Å²) in [5.41, 5.74) is 0.263. The normalized spacial score (nSPS) is 17.4. The Balaban J connectivity index is 2.18. The molecule has 22 heavy (non-hydrogen) atoms. The van der Waals surface area contributed by atoms with Gasteiger partial charge in [0.1, 0.15) is 0 Å². The predicted molar refractivity (Wildman–Crippen MR) is 82.2 cm³/mol. The van der Waals surface area contributed by atoms with E-state index in [9.17, 15) is 13.2 Å². The quantitative estimate of drug-likeness (QED) is 0.468. The minimum atomic E-state index is -1.37. The van der Waals surface area contributed by atoms with Crippen LogP contribution in [0.2, 0.25) is 0 Å². The lowest BCUT2D eigenvalue weighted by molar-refractivity contribution is 0.158. The van der Waals surface area contributed by atoms with Gasteiger partial charge in [-0.1, -0.05) is 18.6 Å². The maximum absolute atomic E-state index is 14.2. The van der Waals surface area contributed by atoms with Crippen LogP contribution in [0.1, 0.15) is 37.3 Å². The summed E-state index contributed by atoms with van der Waals surface area (Å²) in [5.74, 6) is -3.55. The van der Waals surface area contributed by atoms with E-state index < -0.39 is 17.5 Å². The lowest BCUT2D eigenvalue weighted by atomic mass is 9.97. The highest BCUT2D eigenvalue weighted by molar-refractivity contribution is 5.24. The van der Waals surface area contributed by atoms with Gasteiger partial charge in [0.05, 0.1) is 0 Å². The summed E-state index contributed by atoms with van der Waals surface area (Å²) in [6.07, 6.45) is 5.37. The van der Waals surface area contributed by atoms with Crippen LogP contribution in [0, 0.1) is 17.5 Å². The van der Waals surface area contributed by atoms with Crippen LogP contribution >= 0.6 is 0 Å². The van der Waals surface area contributed by atoms with E-state index in [2.05, 4.69) is 16.8 Å². The van der Waals surface area contributed by atoms with Crippen LogP contribution in [0.3, 0.4) is 0 Å². The van der Waals surface area contributed by atoms with E-state index in [0.29, 0.717) is 0 Å². The molecule has 1 atom stereocenters. The average Bonchev–Trinajstić information content (AvgIpc) is 2.55. The molecule has 0 bridgehead atoms. The Morgan fingerprint density at radius 2 is 1.86 bits per heavy atom. The molecule has 5 heteroatoms. The van der Waals surface area contributed by atoms with Crippen LogP contribution in [-0.4, -0.2) is 31.1 Å². The molecular formula is C17H23F3N2. The smallest absolute Gasteiger partial charge is 0.194 e. The zero-order valence-electron chi connectivity index (χ0n) is 12.8. The third-order valence-corrected chi connectivity index (χ3v) is 4.15. The summed E-state index contributed by atoms with van der Waals surface area (Å²) >= 11 is 0. The molecule has 2 nitrogen and oxygen atoms in total. The molecule has 0 saturated carbocycles. The van der Waals surface area contributed by atoms with Crippen LogP contribution in [0.15, 0.2) is 24.8 Å². The van der Waals surface area contributed by atoms with Crippen LogP contribution < -0.4 is 5.32 Å². The molecule has 1 aliphatic rings. The Labute approximate surface area is 130 Å². The summed E-state index contributed by atoms with van der Waals surface area (Å²) in [6.45, 7) is 6.91. The first-order valence-electron chi connectivity index (χ1n) is 7.84. The number of piperazine rings is 1. The van der Waals surface area contributed by atoms with Crippen LogP contribution in [0.4, 0.5) is 13.2 Å². The molecule has 0 amide bonds. The number of nitrogens with zero attached hydrogens (tertiary/aromatic N) is 1. The molecule has 1 aromatic rings. The third-order valence-electron chi connectivity index (χ3n) is 4.15. The van der Waals surface area contributed by atoms with E-state index in [0.717, 1.165) is 57.9 Å². The Morgan fingerprint density at radius 3 is 2.55 bits per heavy atom. The molecule has 1 N–H and O–H groups in total. The van der Waals surface area contributed by atoms with E-state index in [1.54, 1.807) is 0 Å². The molecule has 1 aromatic carbocycles. The van der Waals surface area contributed by atoms with Crippen molar-refractivity contribution >= 4 is 0 Å². The Kier molecular flexibility index (Phi) is 6.46. The van der Waals surface area contributed by atoms with Crippen molar-refractivity contribution in [1.82, 2.24) is 10.2 Å². The number of benzene rings is 1. The second-order valence-corrected chi connectivity index (χ2v) is 5.64. The minimum Gasteiger partial charge on any atom is -0.314 e. The summed E-state index contributed by atoms with van der Waals surface area (Å²) < 4.78 is 40.9. The standard InChI is InChI=1S/C17H23F3N2/c1-2-3-4-5-6-15(22-11-9-21-10-12-22)13-7-8-14(18)17(20)16(13)19/h2,7-8,15,21H,1,3-6,9-12H2/t15-/m1/s1. The van der Waals surface area contributed by atoms with Crippen molar-refractivity contribution in [3.8, 4) is 0 Å². The zero-order chi connectivity index (χ0) is 15.9. The van der Waals surface area contributed by atoms with Gasteiger partial charge in [-0.05, 0) is 25.3 Å². The molecule has 0 unspecified atom stereocenters. The van der Waals surface area contributed by atoms with E-state index >= 15 is 0 Å². The van der Waals surface area contributed by atoms with Crippen molar-refractivity contribution in [2.45, 2.75) is 31.7 Å². The number of rotatable bonds is 7. The van der Waals surface area contributed by atoms with Crippen LogP contribution in [0.5, 0.6) is 0 Å². The molecule has 0 aromatic heterocycles. The van der Waals surface area contributed by atoms with Crippen LogP contribution in [-0.2, 0) is 0 Å². The second kappa shape index (κ2) is 8.34. The van der Waals surface area contributed by atoms with Gasteiger partial charge >= 0.3 is 0 Å². The highest BCUT2D eigenvalue weighted by atomic mass is 19.2. The van der Waals surface area contributed by atoms with Gasteiger partial charge in [0.25, 0.3) is 0 Å². The van der Waals surface area contributed by atoms with E-state index in [-0.39, 0.29) is 11.6 Å². The van der Waals surface area contributed by atoms with Crippen LogP contribution in [0.25, 0.3) is 0 Å². The molecule has 1 fully saturated rings. The van der Waals surface area contributed by atoms with Gasteiger partial charge < -0.3 is 5.32 Å². The molecular weight excluding hydrogens is 289 g/mol. The topological polar surface area (TPSA) is 15.3 Å². The maximum atomic E-state index is 14.2. The maximum Gasteiger partial charge on any atom is 0.194 e. The number of allylic oxidation sites excluding steroid dienone is 1. The van der Waals surface area contributed by atoms with Gasteiger partial charge in [-0.3, -0.25) is 4.90 Å². The van der Waals surface area contributed by atoms with Crippen molar-refractivity contribution in [2.75, 3.05) is 26.2 Å². The van der Waals surface area contributed by atoms with Gasteiger partial charge in [0.2, 0.25) is 0 Å². The van der Waals surface area contributed by atoms with Gasteiger partial charge in [-0.25, -0.2) is 13.2 Å². The summed E-state index contributed by atoms with van der Waals surface area (Å²) in [5, 5.41) is 3.25. The summed E-state index contributed by atoms with van der Waals surface area (Å²) in [7, 11) is 0. The molecule has 1 heterocycles. The largest absolute Gasteiger partial charge is 0.314 e. The number of halogens is 3. The fraction of sp³-hybridized carbons (Fsp3) is 0.529. The Hall–Kier alpha value is -1.33. The van der Waals surface area contributed by atoms with Crippen molar-refractivity contribution in [3.05, 3.63) is 47.8 Å². The van der Waals surface area contributed by atoms with Crippen molar-refractivity contribution in [1.29, 1.82) is 0 Å². The average molecular weight is 312 g/mol. The molecule has 2 rings (SSSR count). The lowest BCUT2D eigenvalue weighted by Gasteiger charge is -2.35. The zero-order valence-corrected chi connectivity index (χ0v) is 12.8. The molecule has 0 radical (unpaired) electrons. The number of nitrogens with one attached hydrogen (secondary N) is 1. The summed E-state index contributed by atoms with van der Waals surface area (Å²) in [6, 6.07) is 2.20. The van der Waals surface area contributed by atoms with E-state index in [1.807, 2.05) is 6.08 Å². The van der Waals surface area contributed by atoms with Gasteiger partial charge in [0.15, 0.2) is 17.5 Å². The minimum absolute atomic E-state index is 0.206. The Morgan fingerprint density at radius 1 is 1.14 bits per heavy atom. The first kappa shape index (κ1) is 17.0. The third kappa shape index (κ3) is 4.11. The SMILES string of the molecule is C=CCCCC[C@H](c1ccc(F)c(F)c1F)N1CCNCC1. The first-order chi connectivity index (χ1) is 10.6. The first-order valence-corrected chi connectivity index (χ1v) is 7.84. The fourth-order valence-corrected chi connectivity index (χ4v) is 2.95. The molecule has 0 aliphatic carbocycles. The van der Waals surface area contributed by atoms with Gasteiger partial charge in [-0.2, -0.15) is 0 Å². The van der Waals surface area contributed by atoms with Crippen molar-refractivity contribution < 1.29 is 13.2 Å². The van der Waals surface area contributed by atoms with E-state index in [1.165, 1.54) is 6.07 Å². The second-order valence-electron chi connectivity index (χ2n) is 5.64. The lowest BCUT2D eigenvalue weighted by Crippen LogP contribution is -2.45. The monoisotopic (exact) mass is 312 g/mol. The number of unbranched alkanes of at least 4 members (excludes halogenated alkanes) is 2. The molecule has 1 saturated heterocycles. The highest BCUT2D eigenvalue weighted by Crippen LogP contribution is 2.30. The van der Waals surface area contributed by atoms with Crippen molar-refractivity contribution in [3.63, 3.8) is 0 Å². The van der Waals surface area contributed by atoms with Gasteiger partial charge in [0, 0.05) is 37.8 Å². The highest BCUT2D eigenvalue weighted by Gasteiger charge is 2.26. The number of hydrogen-bond donors (Lipinski definition) is 1. The van der Waals surface area contributed by atoms with Gasteiger partial charge in [-0.15, -0.1) is 6.58 Å². The number of hydrogen-bond acceptors (Lipinski definition) is 2. The Bertz CT molecular complexity index is 499.